The lowest BCUT2D eigenvalue weighted by Gasteiger charge is -2.32. The highest BCUT2D eigenvalue weighted by atomic mass is 35.5. The predicted molar refractivity (Wildman–Crippen MR) is 80.7 cm³/mol. The van der Waals surface area contributed by atoms with E-state index in [1.807, 2.05) is 18.2 Å². The zero-order chi connectivity index (χ0) is 13.1. The van der Waals surface area contributed by atoms with Gasteiger partial charge in [-0.05, 0) is 49.7 Å². The average molecular weight is 286 g/mol. The molecule has 1 aliphatic rings. The maximum atomic E-state index is 6.20. The molecule has 0 atom stereocenters. The number of benzene rings is 1. The van der Waals surface area contributed by atoms with Gasteiger partial charge in [-0.2, -0.15) is 0 Å². The van der Waals surface area contributed by atoms with Crippen LogP contribution in [0.15, 0.2) is 18.2 Å². The summed E-state index contributed by atoms with van der Waals surface area (Å²) < 4.78 is 0. The van der Waals surface area contributed by atoms with Crippen LogP contribution < -0.4 is 5.32 Å². The molecule has 1 saturated carbocycles. The number of anilines is 1. The summed E-state index contributed by atoms with van der Waals surface area (Å²) in [6, 6.07) is 6.31. The zero-order valence-electron chi connectivity index (χ0n) is 11.0. The highest BCUT2D eigenvalue weighted by Crippen LogP contribution is 2.34. The van der Waals surface area contributed by atoms with Gasteiger partial charge >= 0.3 is 0 Å². The van der Waals surface area contributed by atoms with Crippen molar-refractivity contribution in [3.63, 3.8) is 0 Å². The van der Waals surface area contributed by atoms with E-state index in [0.717, 1.165) is 17.5 Å². The Hall–Kier alpha value is -0.400. The van der Waals surface area contributed by atoms with Crippen molar-refractivity contribution in [2.75, 3.05) is 5.32 Å². The van der Waals surface area contributed by atoms with Crippen molar-refractivity contribution in [1.82, 2.24) is 0 Å². The van der Waals surface area contributed by atoms with Gasteiger partial charge in [0, 0.05) is 6.04 Å². The number of rotatable bonds is 3. The lowest BCUT2D eigenvalue weighted by atomic mass is 9.79. The van der Waals surface area contributed by atoms with E-state index in [4.69, 9.17) is 23.2 Å². The van der Waals surface area contributed by atoms with Crippen LogP contribution in [0.1, 0.15) is 39.5 Å². The minimum absolute atomic E-state index is 0.538. The minimum atomic E-state index is 0.538. The molecule has 0 amide bonds. The van der Waals surface area contributed by atoms with Crippen molar-refractivity contribution in [1.29, 1.82) is 0 Å². The Labute approximate surface area is 120 Å². The third kappa shape index (κ3) is 3.33. The average Bonchev–Trinajstić information content (AvgIpc) is 2.36. The number of hydrogen-bond acceptors (Lipinski definition) is 1. The van der Waals surface area contributed by atoms with Crippen molar-refractivity contribution in [2.24, 2.45) is 11.8 Å². The van der Waals surface area contributed by atoms with Crippen LogP contribution in [-0.2, 0) is 0 Å². The van der Waals surface area contributed by atoms with Gasteiger partial charge in [0.1, 0.15) is 0 Å². The second kappa shape index (κ2) is 6.16. The van der Waals surface area contributed by atoms with Gasteiger partial charge in [-0.3, -0.25) is 0 Å². The fourth-order valence-corrected chi connectivity index (χ4v) is 3.12. The molecule has 1 aromatic carbocycles. The summed E-state index contributed by atoms with van der Waals surface area (Å²) in [7, 11) is 0. The van der Waals surface area contributed by atoms with Crippen LogP contribution in [0, 0.1) is 11.8 Å². The first kappa shape index (κ1) is 14.0. The summed E-state index contributed by atoms with van der Waals surface area (Å²) >= 11 is 12.2. The molecule has 2 rings (SSSR count). The summed E-state index contributed by atoms with van der Waals surface area (Å²) in [6.07, 6.45) is 5.08. The van der Waals surface area contributed by atoms with Crippen LogP contribution in [0.4, 0.5) is 5.69 Å². The van der Waals surface area contributed by atoms with Gasteiger partial charge in [0.2, 0.25) is 0 Å². The summed E-state index contributed by atoms with van der Waals surface area (Å²) in [6.45, 7) is 4.65. The van der Waals surface area contributed by atoms with E-state index < -0.39 is 0 Å². The molecular weight excluding hydrogens is 265 g/mol. The monoisotopic (exact) mass is 285 g/mol. The minimum Gasteiger partial charge on any atom is -0.381 e. The van der Waals surface area contributed by atoms with Gasteiger partial charge in [0.15, 0.2) is 0 Å². The Kier molecular flexibility index (Phi) is 4.80. The molecule has 18 heavy (non-hydrogen) atoms. The normalized spacial score (nSPS) is 24.3. The molecular formula is C15H21Cl2N. The van der Waals surface area contributed by atoms with Crippen LogP contribution >= 0.6 is 23.2 Å². The summed E-state index contributed by atoms with van der Waals surface area (Å²) in [4.78, 5) is 0. The van der Waals surface area contributed by atoms with Crippen LogP contribution in [0.5, 0.6) is 0 Å². The molecule has 0 aliphatic heterocycles. The Bertz CT molecular complexity index is 395. The maximum Gasteiger partial charge on any atom is 0.0823 e. The molecule has 0 heterocycles. The van der Waals surface area contributed by atoms with E-state index in [1.54, 1.807) is 0 Å². The van der Waals surface area contributed by atoms with Crippen molar-refractivity contribution in [2.45, 2.75) is 45.6 Å². The van der Waals surface area contributed by atoms with Gasteiger partial charge < -0.3 is 5.32 Å². The molecule has 1 fully saturated rings. The molecule has 0 unspecified atom stereocenters. The van der Waals surface area contributed by atoms with E-state index in [0.29, 0.717) is 16.1 Å². The first-order valence-electron chi connectivity index (χ1n) is 6.78. The molecule has 0 spiro atoms. The maximum absolute atomic E-state index is 6.20. The Balaban J connectivity index is 1.94. The summed E-state index contributed by atoms with van der Waals surface area (Å²) in [5.41, 5.74) is 0.970. The highest BCUT2D eigenvalue weighted by Gasteiger charge is 2.23. The quantitative estimate of drug-likeness (QED) is 0.760. The molecule has 1 N–H and O–H groups in total. The molecule has 3 heteroatoms. The third-order valence-electron chi connectivity index (χ3n) is 4.03. The van der Waals surface area contributed by atoms with Gasteiger partial charge in [-0.25, -0.2) is 0 Å². The zero-order valence-corrected chi connectivity index (χ0v) is 12.6. The van der Waals surface area contributed by atoms with Crippen molar-refractivity contribution >= 4 is 28.9 Å². The van der Waals surface area contributed by atoms with Crippen LogP contribution in [-0.4, -0.2) is 6.04 Å². The van der Waals surface area contributed by atoms with Crippen molar-refractivity contribution in [3.05, 3.63) is 28.2 Å². The number of nitrogens with one attached hydrogen (secondary N) is 1. The smallest absolute Gasteiger partial charge is 0.0823 e. The van der Waals surface area contributed by atoms with Gasteiger partial charge in [-0.15, -0.1) is 0 Å². The SMILES string of the molecule is CC(C)C1CCC(Nc2cccc(Cl)c2Cl)CC1. The summed E-state index contributed by atoms with van der Waals surface area (Å²) in [5.74, 6) is 1.69. The van der Waals surface area contributed by atoms with E-state index in [2.05, 4.69) is 19.2 Å². The van der Waals surface area contributed by atoms with Gasteiger partial charge in [0.25, 0.3) is 0 Å². The van der Waals surface area contributed by atoms with E-state index in [9.17, 15) is 0 Å². The topological polar surface area (TPSA) is 12.0 Å². The molecule has 0 saturated heterocycles. The fourth-order valence-electron chi connectivity index (χ4n) is 2.77. The number of hydrogen-bond donors (Lipinski definition) is 1. The molecule has 1 nitrogen and oxygen atoms in total. The van der Waals surface area contributed by atoms with Crippen molar-refractivity contribution in [3.8, 4) is 0 Å². The van der Waals surface area contributed by atoms with Crippen molar-refractivity contribution < 1.29 is 0 Å². The van der Waals surface area contributed by atoms with E-state index in [-0.39, 0.29) is 0 Å². The van der Waals surface area contributed by atoms with Crippen LogP contribution in [0.25, 0.3) is 0 Å². The highest BCUT2D eigenvalue weighted by molar-refractivity contribution is 6.43. The first-order valence-corrected chi connectivity index (χ1v) is 7.54. The van der Waals surface area contributed by atoms with Crippen LogP contribution in [0.3, 0.4) is 0 Å². The van der Waals surface area contributed by atoms with Gasteiger partial charge in [0.05, 0.1) is 15.7 Å². The second-order valence-corrected chi connectivity index (χ2v) is 6.39. The second-order valence-electron chi connectivity index (χ2n) is 5.60. The Morgan fingerprint density at radius 2 is 1.78 bits per heavy atom. The summed E-state index contributed by atoms with van der Waals surface area (Å²) in [5, 5.41) is 4.80. The standard InChI is InChI=1S/C15H21Cl2N/c1-10(2)11-6-8-12(9-7-11)18-14-5-3-4-13(16)15(14)17/h3-5,10-12,18H,6-9H2,1-2H3. The fraction of sp³-hybridized carbons (Fsp3) is 0.600. The third-order valence-corrected chi connectivity index (χ3v) is 4.84. The lowest BCUT2D eigenvalue weighted by molar-refractivity contribution is 0.267. The predicted octanol–water partition coefficient (Wildman–Crippen LogP) is 5.62. The number of halogens is 2. The van der Waals surface area contributed by atoms with E-state index in [1.165, 1.54) is 25.7 Å². The first-order chi connectivity index (χ1) is 8.58. The van der Waals surface area contributed by atoms with Crippen LogP contribution in [0.2, 0.25) is 10.0 Å². The molecule has 0 bridgehead atoms. The van der Waals surface area contributed by atoms with Gasteiger partial charge in [-0.1, -0.05) is 43.1 Å². The molecule has 1 aromatic rings. The Morgan fingerprint density at radius 3 is 2.39 bits per heavy atom. The largest absolute Gasteiger partial charge is 0.381 e. The molecule has 100 valence electrons. The van der Waals surface area contributed by atoms with E-state index >= 15 is 0 Å². The Morgan fingerprint density at radius 1 is 1.11 bits per heavy atom. The molecule has 0 aromatic heterocycles. The lowest BCUT2D eigenvalue weighted by Crippen LogP contribution is -2.28. The molecule has 1 aliphatic carbocycles. The molecule has 0 radical (unpaired) electrons.